The number of ether oxygens (including phenoxy) is 1. The number of halogens is 2. The summed E-state index contributed by atoms with van der Waals surface area (Å²) in [6, 6.07) is 6.18. The van der Waals surface area contributed by atoms with Crippen molar-refractivity contribution in [2.24, 2.45) is 0 Å². The Morgan fingerprint density at radius 3 is 2.65 bits per heavy atom. The zero-order valence-electron chi connectivity index (χ0n) is 12.1. The van der Waals surface area contributed by atoms with E-state index in [1.807, 2.05) is 6.92 Å². The van der Waals surface area contributed by atoms with Gasteiger partial charge < -0.3 is 4.74 Å². The molecule has 0 aliphatic carbocycles. The van der Waals surface area contributed by atoms with Gasteiger partial charge in [0.2, 0.25) is 0 Å². The fourth-order valence-electron chi connectivity index (χ4n) is 1.58. The van der Waals surface area contributed by atoms with E-state index in [4.69, 9.17) is 4.74 Å². The monoisotopic (exact) mass is 357 g/mol. The normalized spacial score (nSPS) is 10.9. The first-order valence-electron chi connectivity index (χ1n) is 6.48. The van der Waals surface area contributed by atoms with Gasteiger partial charge in [-0.05, 0) is 31.2 Å². The van der Waals surface area contributed by atoms with E-state index >= 15 is 0 Å². The lowest BCUT2D eigenvalue weighted by Crippen LogP contribution is -2.23. The molecule has 0 aliphatic heterocycles. The summed E-state index contributed by atoms with van der Waals surface area (Å²) >= 11 is 1.17. The summed E-state index contributed by atoms with van der Waals surface area (Å²) in [4.78, 5) is 0.895. The van der Waals surface area contributed by atoms with E-state index in [9.17, 15) is 17.2 Å². The zero-order valence-corrected chi connectivity index (χ0v) is 13.7. The summed E-state index contributed by atoms with van der Waals surface area (Å²) in [6.07, 6.45) is 0. The minimum Gasteiger partial charge on any atom is -0.478 e. The third-order valence-corrected chi connectivity index (χ3v) is 5.54. The number of benzene rings is 1. The Labute approximate surface area is 137 Å². The maximum absolute atomic E-state index is 13.3. The standard InChI is InChI=1S/C15H13F2NO3S2/c1-11-4-7-15(22-11)23(19,20)18-8-2-3-9-21-14-6-5-12(16)10-13(14)17/h4-7,10,18H,8-9H2,1H3. The molecule has 122 valence electrons. The van der Waals surface area contributed by atoms with Gasteiger partial charge in [-0.25, -0.2) is 17.2 Å². The van der Waals surface area contributed by atoms with Crippen molar-refractivity contribution in [2.45, 2.75) is 11.1 Å². The average molecular weight is 357 g/mol. The molecule has 0 aliphatic rings. The Balaban J connectivity index is 1.82. The van der Waals surface area contributed by atoms with Crippen molar-refractivity contribution in [3.05, 3.63) is 46.8 Å². The maximum atomic E-state index is 13.3. The molecule has 0 fully saturated rings. The van der Waals surface area contributed by atoms with E-state index < -0.39 is 21.7 Å². The number of hydrogen-bond donors (Lipinski definition) is 1. The number of nitrogens with one attached hydrogen (secondary N) is 1. The van der Waals surface area contributed by atoms with E-state index in [1.165, 1.54) is 17.4 Å². The second-order valence-corrected chi connectivity index (χ2v) is 7.69. The molecule has 0 unspecified atom stereocenters. The first-order chi connectivity index (χ1) is 10.9. The summed E-state index contributed by atoms with van der Waals surface area (Å²) in [5.74, 6) is 3.48. The first kappa shape index (κ1) is 17.4. The minimum absolute atomic E-state index is 0.0887. The smallest absolute Gasteiger partial charge is 0.250 e. The van der Waals surface area contributed by atoms with E-state index in [0.717, 1.165) is 17.0 Å². The fourth-order valence-corrected chi connectivity index (χ4v) is 3.83. The van der Waals surface area contributed by atoms with Crippen LogP contribution in [0.15, 0.2) is 34.5 Å². The minimum atomic E-state index is -3.57. The Hall–Kier alpha value is -1.95. The molecule has 0 amide bonds. The summed E-state index contributed by atoms with van der Waals surface area (Å²) in [7, 11) is -3.57. The molecule has 23 heavy (non-hydrogen) atoms. The Morgan fingerprint density at radius 1 is 1.22 bits per heavy atom. The molecule has 0 bridgehead atoms. The lowest BCUT2D eigenvalue weighted by molar-refractivity contribution is 0.346. The molecule has 4 nitrogen and oxygen atoms in total. The molecule has 0 radical (unpaired) electrons. The predicted molar refractivity (Wildman–Crippen MR) is 83.9 cm³/mol. The lowest BCUT2D eigenvalue weighted by atomic mass is 10.3. The van der Waals surface area contributed by atoms with Crippen LogP contribution >= 0.6 is 11.3 Å². The highest BCUT2D eigenvalue weighted by atomic mass is 32.2. The molecule has 2 rings (SSSR count). The largest absolute Gasteiger partial charge is 0.478 e. The van der Waals surface area contributed by atoms with Crippen LogP contribution in [0.4, 0.5) is 8.78 Å². The SMILES string of the molecule is Cc1ccc(S(=O)(=O)NCC#CCOc2ccc(F)cc2F)s1. The van der Waals surface area contributed by atoms with Crippen molar-refractivity contribution in [1.29, 1.82) is 0 Å². The van der Waals surface area contributed by atoms with Crippen LogP contribution in [0, 0.1) is 30.4 Å². The van der Waals surface area contributed by atoms with Gasteiger partial charge in [0.05, 0.1) is 6.54 Å². The average Bonchev–Trinajstić information content (AvgIpc) is 2.92. The molecule has 1 aromatic carbocycles. The molecular weight excluding hydrogens is 344 g/mol. The summed E-state index contributed by atoms with van der Waals surface area (Å²) < 4.78 is 57.3. The molecular formula is C15H13F2NO3S2. The molecule has 8 heteroatoms. The van der Waals surface area contributed by atoms with Crippen molar-refractivity contribution in [1.82, 2.24) is 4.72 Å². The van der Waals surface area contributed by atoms with Crippen molar-refractivity contribution in [2.75, 3.05) is 13.2 Å². The highest BCUT2D eigenvalue weighted by Crippen LogP contribution is 2.20. The van der Waals surface area contributed by atoms with E-state index in [-0.39, 0.29) is 23.1 Å². The Morgan fingerprint density at radius 2 is 2.00 bits per heavy atom. The molecule has 0 saturated carbocycles. The maximum Gasteiger partial charge on any atom is 0.250 e. The van der Waals surface area contributed by atoms with Crippen molar-refractivity contribution in [3.63, 3.8) is 0 Å². The second kappa shape index (κ2) is 7.55. The van der Waals surface area contributed by atoms with Crippen LogP contribution in [0.5, 0.6) is 5.75 Å². The summed E-state index contributed by atoms with van der Waals surface area (Å²) in [5, 5.41) is 0. The fraction of sp³-hybridized carbons (Fsp3) is 0.200. The van der Waals surface area contributed by atoms with Crippen LogP contribution in [0.2, 0.25) is 0 Å². The van der Waals surface area contributed by atoms with E-state index in [0.29, 0.717) is 6.07 Å². The molecule has 1 heterocycles. The number of hydrogen-bond acceptors (Lipinski definition) is 4. The van der Waals surface area contributed by atoms with Gasteiger partial charge in [-0.15, -0.1) is 11.3 Å². The van der Waals surface area contributed by atoms with Crippen molar-refractivity contribution >= 4 is 21.4 Å². The Kier molecular flexibility index (Phi) is 5.71. The molecule has 0 spiro atoms. The molecule has 1 aromatic heterocycles. The third kappa shape index (κ3) is 5.03. The van der Waals surface area contributed by atoms with E-state index in [2.05, 4.69) is 16.6 Å². The quantitative estimate of drug-likeness (QED) is 0.837. The number of thiophene rings is 1. The molecule has 1 N–H and O–H groups in total. The number of sulfonamides is 1. The van der Waals surface area contributed by atoms with Crippen LogP contribution in [-0.4, -0.2) is 21.6 Å². The van der Waals surface area contributed by atoms with Crippen molar-refractivity contribution in [3.8, 4) is 17.6 Å². The molecule has 0 saturated heterocycles. The molecule has 0 atom stereocenters. The highest BCUT2D eigenvalue weighted by molar-refractivity contribution is 7.91. The summed E-state index contributed by atoms with van der Waals surface area (Å²) in [6.45, 7) is 1.59. The topological polar surface area (TPSA) is 55.4 Å². The van der Waals surface area contributed by atoms with Crippen molar-refractivity contribution < 1.29 is 21.9 Å². The first-order valence-corrected chi connectivity index (χ1v) is 8.78. The summed E-state index contributed by atoms with van der Waals surface area (Å²) in [5.41, 5.74) is 0. The molecule has 2 aromatic rings. The predicted octanol–water partition coefficient (Wildman–Crippen LogP) is 2.70. The van der Waals surface area contributed by atoms with Crippen LogP contribution < -0.4 is 9.46 Å². The van der Waals surface area contributed by atoms with Gasteiger partial charge in [-0.1, -0.05) is 11.8 Å². The van der Waals surface area contributed by atoms with Gasteiger partial charge in [0.15, 0.2) is 11.6 Å². The van der Waals surface area contributed by atoms with Gasteiger partial charge in [0.25, 0.3) is 10.0 Å². The van der Waals surface area contributed by atoms with Gasteiger partial charge in [-0.3, -0.25) is 0 Å². The van der Waals surface area contributed by atoms with Crippen LogP contribution in [-0.2, 0) is 10.0 Å². The number of rotatable bonds is 5. The van der Waals surface area contributed by atoms with E-state index in [1.54, 1.807) is 6.07 Å². The van der Waals surface area contributed by atoms with Gasteiger partial charge in [0, 0.05) is 10.9 Å². The van der Waals surface area contributed by atoms with Gasteiger partial charge >= 0.3 is 0 Å². The van der Waals surface area contributed by atoms with Crippen LogP contribution in [0.3, 0.4) is 0 Å². The van der Waals surface area contributed by atoms with Crippen LogP contribution in [0.25, 0.3) is 0 Å². The van der Waals surface area contributed by atoms with Crippen LogP contribution in [0.1, 0.15) is 4.88 Å². The highest BCUT2D eigenvalue weighted by Gasteiger charge is 2.14. The van der Waals surface area contributed by atoms with Gasteiger partial charge in [-0.2, -0.15) is 4.72 Å². The zero-order chi connectivity index (χ0) is 16.9. The second-order valence-electron chi connectivity index (χ2n) is 4.41. The Bertz CT molecular complexity index is 851. The van der Waals surface area contributed by atoms with Gasteiger partial charge in [0.1, 0.15) is 16.6 Å². The number of aryl methyl sites for hydroxylation is 1. The lowest BCUT2D eigenvalue weighted by Gasteiger charge is -2.03. The third-order valence-electron chi connectivity index (χ3n) is 2.65.